The molecule has 0 bridgehead atoms. The first kappa shape index (κ1) is 11.7. The van der Waals surface area contributed by atoms with Crippen LogP contribution in [0.1, 0.15) is 5.56 Å². The minimum Gasteiger partial charge on any atom is -0.265 e. The standard InChI is InChI=1S/C11H11N3O2S/c15-17(16,11-2-1-5-13-9-11)14-8-10-3-6-12-7-4-10/h1-7,9,14H,8H2. The van der Waals surface area contributed by atoms with Gasteiger partial charge in [-0.15, -0.1) is 0 Å². The number of nitrogens with one attached hydrogen (secondary N) is 1. The molecule has 2 aromatic rings. The third kappa shape index (κ3) is 3.08. The van der Waals surface area contributed by atoms with Crippen LogP contribution in [0.2, 0.25) is 0 Å². The van der Waals surface area contributed by atoms with Crippen LogP contribution in [0.3, 0.4) is 0 Å². The summed E-state index contributed by atoms with van der Waals surface area (Å²) in [5.74, 6) is 0. The van der Waals surface area contributed by atoms with Gasteiger partial charge in [-0.25, -0.2) is 13.1 Å². The Morgan fingerprint density at radius 3 is 2.47 bits per heavy atom. The van der Waals surface area contributed by atoms with Crippen LogP contribution in [0.25, 0.3) is 0 Å². The van der Waals surface area contributed by atoms with E-state index in [1.807, 2.05) is 0 Å². The van der Waals surface area contributed by atoms with Crippen molar-refractivity contribution in [1.82, 2.24) is 14.7 Å². The van der Waals surface area contributed by atoms with E-state index in [0.29, 0.717) is 0 Å². The average molecular weight is 249 g/mol. The highest BCUT2D eigenvalue weighted by Crippen LogP contribution is 2.06. The van der Waals surface area contributed by atoms with Crippen molar-refractivity contribution in [2.45, 2.75) is 11.4 Å². The topological polar surface area (TPSA) is 72.0 Å². The molecule has 0 fully saturated rings. The SMILES string of the molecule is O=S(=O)(NCc1ccncc1)c1cccnc1. The summed E-state index contributed by atoms with van der Waals surface area (Å²) in [4.78, 5) is 7.80. The molecule has 0 aliphatic rings. The normalized spacial score (nSPS) is 11.3. The number of rotatable bonds is 4. The van der Waals surface area contributed by atoms with E-state index in [9.17, 15) is 8.42 Å². The van der Waals surface area contributed by atoms with E-state index in [-0.39, 0.29) is 11.4 Å². The van der Waals surface area contributed by atoms with Crippen LogP contribution < -0.4 is 4.72 Å². The van der Waals surface area contributed by atoms with Crippen molar-refractivity contribution in [3.05, 3.63) is 54.6 Å². The maximum atomic E-state index is 11.8. The van der Waals surface area contributed by atoms with Crippen molar-refractivity contribution in [3.8, 4) is 0 Å². The van der Waals surface area contributed by atoms with Crippen LogP contribution in [-0.2, 0) is 16.6 Å². The van der Waals surface area contributed by atoms with Gasteiger partial charge in [0.15, 0.2) is 0 Å². The van der Waals surface area contributed by atoms with Gasteiger partial charge in [0.1, 0.15) is 4.90 Å². The van der Waals surface area contributed by atoms with Gasteiger partial charge in [0.2, 0.25) is 10.0 Å². The van der Waals surface area contributed by atoms with E-state index < -0.39 is 10.0 Å². The molecule has 2 aromatic heterocycles. The van der Waals surface area contributed by atoms with Crippen LogP contribution in [0.5, 0.6) is 0 Å². The summed E-state index contributed by atoms with van der Waals surface area (Å²) < 4.78 is 26.2. The highest BCUT2D eigenvalue weighted by atomic mass is 32.2. The van der Waals surface area contributed by atoms with E-state index in [2.05, 4.69) is 14.7 Å². The maximum Gasteiger partial charge on any atom is 0.242 e. The summed E-state index contributed by atoms with van der Waals surface area (Å²) in [5, 5.41) is 0. The molecule has 0 spiro atoms. The molecule has 2 heterocycles. The zero-order chi connectivity index (χ0) is 12.1. The quantitative estimate of drug-likeness (QED) is 0.875. The van der Waals surface area contributed by atoms with Gasteiger partial charge < -0.3 is 0 Å². The lowest BCUT2D eigenvalue weighted by Gasteiger charge is -2.05. The molecule has 0 radical (unpaired) electrons. The fraction of sp³-hybridized carbons (Fsp3) is 0.0909. The number of hydrogen-bond donors (Lipinski definition) is 1. The molecule has 0 aliphatic carbocycles. The van der Waals surface area contributed by atoms with E-state index >= 15 is 0 Å². The number of aromatic nitrogens is 2. The minimum atomic E-state index is -3.49. The van der Waals surface area contributed by atoms with Gasteiger partial charge >= 0.3 is 0 Å². The van der Waals surface area contributed by atoms with Gasteiger partial charge in [0.05, 0.1) is 0 Å². The Kier molecular flexibility index (Phi) is 3.46. The summed E-state index contributed by atoms with van der Waals surface area (Å²) in [5.41, 5.74) is 0.854. The maximum absolute atomic E-state index is 11.8. The van der Waals surface area contributed by atoms with E-state index in [0.717, 1.165) is 5.56 Å². The molecule has 2 rings (SSSR count). The van der Waals surface area contributed by atoms with Crippen molar-refractivity contribution in [1.29, 1.82) is 0 Å². The van der Waals surface area contributed by atoms with Crippen molar-refractivity contribution < 1.29 is 8.42 Å². The fourth-order valence-electron chi connectivity index (χ4n) is 1.27. The second kappa shape index (κ2) is 5.03. The molecule has 0 amide bonds. The van der Waals surface area contributed by atoms with Crippen molar-refractivity contribution in [2.24, 2.45) is 0 Å². The van der Waals surface area contributed by atoms with Crippen LogP contribution >= 0.6 is 0 Å². The Morgan fingerprint density at radius 2 is 1.82 bits per heavy atom. The molecule has 88 valence electrons. The Hall–Kier alpha value is -1.79. The molecule has 6 heteroatoms. The van der Waals surface area contributed by atoms with Crippen molar-refractivity contribution in [3.63, 3.8) is 0 Å². The second-order valence-corrected chi connectivity index (χ2v) is 5.14. The number of nitrogens with zero attached hydrogens (tertiary/aromatic N) is 2. The molecule has 1 N–H and O–H groups in total. The summed E-state index contributed by atoms with van der Waals surface area (Å²) in [6, 6.07) is 6.60. The lowest BCUT2D eigenvalue weighted by atomic mass is 10.3. The summed E-state index contributed by atoms with van der Waals surface area (Å²) in [7, 11) is -3.49. The Morgan fingerprint density at radius 1 is 1.06 bits per heavy atom. The van der Waals surface area contributed by atoms with Crippen LogP contribution in [0.4, 0.5) is 0 Å². The van der Waals surface area contributed by atoms with Gasteiger partial charge in [-0.3, -0.25) is 9.97 Å². The van der Waals surface area contributed by atoms with Crippen LogP contribution in [0, 0.1) is 0 Å². The lowest BCUT2D eigenvalue weighted by Crippen LogP contribution is -2.23. The van der Waals surface area contributed by atoms with Crippen molar-refractivity contribution in [2.75, 3.05) is 0 Å². The first-order valence-corrected chi connectivity index (χ1v) is 6.45. The summed E-state index contributed by atoms with van der Waals surface area (Å²) in [6.45, 7) is 0.236. The van der Waals surface area contributed by atoms with Crippen LogP contribution in [-0.4, -0.2) is 18.4 Å². The Labute approximate surface area is 99.6 Å². The monoisotopic (exact) mass is 249 g/mol. The van der Waals surface area contributed by atoms with E-state index in [1.54, 1.807) is 30.6 Å². The smallest absolute Gasteiger partial charge is 0.242 e. The fourth-order valence-corrected chi connectivity index (χ4v) is 2.25. The largest absolute Gasteiger partial charge is 0.265 e. The average Bonchev–Trinajstić information content (AvgIpc) is 2.39. The predicted octanol–water partition coefficient (Wildman–Crippen LogP) is 0.955. The third-order valence-corrected chi connectivity index (χ3v) is 3.55. The first-order valence-electron chi connectivity index (χ1n) is 4.97. The molecule has 0 atom stereocenters. The Bertz CT molecular complexity index is 570. The molecule has 0 saturated carbocycles. The minimum absolute atomic E-state index is 0.161. The lowest BCUT2D eigenvalue weighted by molar-refractivity contribution is 0.581. The number of hydrogen-bond acceptors (Lipinski definition) is 4. The number of pyridine rings is 2. The number of sulfonamides is 1. The molecular weight excluding hydrogens is 238 g/mol. The highest BCUT2D eigenvalue weighted by molar-refractivity contribution is 7.89. The Balaban J connectivity index is 2.09. The third-order valence-electron chi connectivity index (χ3n) is 2.16. The molecular formula is C11H11N3O2S. The molecule has 0 saturated heterocycles. The summed E-state index contributed by atoms with van der Waals surface area (Å²) >= 11 is 0. The van der Waals surface area contributed by atoms with Crippen molar-refractivity contribution >= 4 is 10.0 Å². The molecule has 5 nitrogen and oxygen atoms in total. The molecule has 0 aliphatic heterocycles. The highest BCUT2D eigenvalue weighted by Gasteiger charge is 2.12. The van der Waals surface area contributed by atoms with Gasteiger partial charge in [-0.05, 0) is 29.8 Å². The molecule has 0 aromatic carbocycles. The van der Waals surface area contributed by atoms with Gasteiger partial charge in [0.25, 0.3) is 0 Å². The van der Waals surface area contributed by atoms with Gasteiger partial charge in [-0.2, -0.15) is 0 Å². The van der Waals surface area contributed by atoms with E-state index in [1.165, 1.54) is 18.5 Å². The zero-order valence-electron chi connectivity index (χ0n) is 8.95. The molecule has 17 heavy (non-hydrogen) atoms. The zero-order valence-corrected chi connectivity index (χ0v) is 9.76. The van der Waals surface area contributed by atoms with Gasteiger partial charge in [0, 0.05) is 31.3 Å². The van der Waals surface area contributed by atoms with Gasteiger partial charge in [-0.1, -0.05) is 0 Å². The first-order chi connectivity index (χ1) is 8.18. The summed E-state index contributed by atoms with van der Waals surface area (Å²) in [6.07, 6.45) is 6.08. The molecule has 0 unspecified atom stereocenters. The van der Waals surface area contributed by atoms with Crippen LogP contribution in [0.15, 0.2) is 53.9 Å². The van der Waals surface area contributed by atoms with E-state index in [4.69, 9.17) is 0 Å². The predicted molar refractivity (Wildman–Crippen MR) is 62.5 cm³/mol. The second-order valence-electron chi connectivity index (χ2n) is 3.37.